The first-order valence-electron chi connectivity index (χ1n) is 12.9. The van der Waals surface area contributed by atoms with Crippen LogP contribution in [0.25, 0.3) is 0 Å². The Kier molecular flexibility index (Phi) is 5.00. The van der Waals surface area contributed by atoms with Crippen molar-refractivity contribution in [2.45, 2.75) is 92.4 Å². The van der Waals surface area contributed by atoms with Gasteiger partial charge >= 0.3 is 0 Å². The molecule has 4 aliphatic carbocycles. The van der Waals surface area contributed by atoms with Gasteiger partial charge in [-0.3, -0.25) is 0 Å². The van der Waals surface area contributed by atoms with Crippen molar-refractivity contribution in [3.8, 4) is 5.75 Å². The molecule has 1 aromatic rings. The minimum Gasteiger partial charge on any atom is -0.508 e. The maximum Gasteiger partial charge on any atom is 0.115 e. The van der Waals surface area contributed by atoms with E-state index in [4.69, 9.17) is 0 Å². The molecule has 1 N–H and O–H groups in total. The molecule has 1 fully saturated rings. The van der Waals surface area contributed by atoms with Crippen LogP contribution >= 0.6 is 0 Å². The summed E-state index contributed by atoms with van der Waals surface area (Å²) in [5.41, 5.74) is 7.93. The summed E-state index contributed by atoms with van der Waals surface area (Å²) in [7, 11) is 0. The second-order valence-electron chi connectivity index (χ2n) is 12.5. The number of fused-ring (bicyclic) bond motifs is 4. The zero-order valence-electron chi connectivity index (χ0n) is 20.4. The van der Waals surface area contributed by atoms with Crippen molar-refractivity contribution in [1.29, 1.82) is 0 Å². The number of phenols is 1. The van der Waals surface area contributed by atoms with Crippen LogP contribution in [0.3, 0.4) is 0 Å². The smallest absolute Gasteiger partial charge is 0.115 e. The Morgan fingerprint density at radius 3 is 2.61 bits per heavy atom. The molecule has 5 rings (SSSR count). The Labute approximate surface area is 190 Å². The Morgan fingerprint density at radius 2 is 1.84 bits per heavy atom. The molecule has 168 valence electrons. The third-order valence-corrected chi connectivity index (χ3v) is 10.4. The SMILES string of the molecule is C[C@H](Cc1cccc(O)c1)[C@H]1CC=C2C3=C(CC[C@@]21C)[C@@]1(C)CCCC(C)(C)[C@@H]1CC3. The lowest BCUT2D eigenvalue weighted by atomic mass is 9.47. The van der Waals surface area contributed by atoms with Crippen molar-refractivity contribution < 1.29 is 5.11 Å². The lowest BCUT2D eigenvalue weighted by molar-refractivity contribution is 0.00601. The predicted octanol–water partition coefficient (Wildman–Crippen LogP) is 8.24. The molecule has 0 aliphatic heterocycles. The van der Waals surface area contributed by atoms with Crippen LogP contribution in [0.2, 0.25) is 0 Å². The van der Waals surface area contributed by atoms with Gasteiger partial charge in [-0.25, -0.2) is 0 Å². The molecule has 0 bridgehead atoms. The van der Waals surface area contributed by atoms with Gasteiger partial charge in [0.15, 0.2) is 0 Å². The summed E-state index contributed by atoms with van der Waals surface area (Å²) in [4.78, 5) is 0. The van der Waals surface area contributed by atoms with E-state index >= 15 is 0 Å². The third-order valence-electron chi connectivity index (χ3n) is 10.4. The zero-order valence-corrected chi connectivity index (χ0v) is 20.4. The number of aromatic hydroxyl groups is 1. The lowest BCUT2D eigenvalue weighted by Gasteiger charge is -2.58. The Balaban J connectivity index is 1.43. The molecule has 0 unspecified atom stereocenters. The molecule has 4 aliphatic rings. The van der Waals surface area contributed by atoms with Crippen molar-refractivity contribution in [2.24, 2.45) is 34.0 Å². The second kappa shape index (κ2) is 7.26. The van der Waals surface area contributed by atoms with Crippen molar-refractivity contribution in [1.82, 2.24) is 0 Å². The monoisotopic (exact) mass is 418 g/mol. The van der Waals surface area contributed by atoms with Crippen molar-refractivity contribution in [3.63, 3.8) is 0 Å². The van der Waals surface area contributed by atoms with E-state index in [-0.39, 0.29) is 0 Å². The van der Waals surface area contributed by atoms with Gasteiger partial charge in [0.2, 0.25) is 0 Å². The highest BCUT2D eigenvalue weighted by atomic mass is 16.3. The van der Waals surface area contributed by atoms with Crippen molar-refractivity contribution in [3.05, 3.63) is 52.6 Å². The normalized spacial score (nSPS) is 37.5. The molecule has 1 aromatic carbocycles. The van der Waals surface area contributed by atoms with Crippen LogP contribution in [0.15, 0.2) is 47.1 Å². The molecule has 1 nitrogen and oxygen atoms in total. The zero-order chi connectivity index (χ0) is 22.0. The second-order valence-corrected chi connectivity index (χ2v) is 12.5. The average Bonchev–Trinajstić information content (AvgIpc) is 3.05. The minimum absolute atomic E-state index is 0.336. The van der Waals surface area contributed by atoms with E-state index in [1.807, 2.05) is 17.7 Å². The van der Waals surface area contributed by atoms with Gasteiger partial charge in [-0.05, 0) is 114 Å². The van der Waals surface area contributed by atoms with Crippen molar-refractivity contribution >= 4 is 0 Å². The molecule has 31 heavy (non-hydrogen) atoms. The van der Waals surface area contributed by atoms with Gasteiger partial charge in [-0.1, -0.05) is 64.8 Å². The topological polar surface area (TPSA) is 20.2 Å². The van der Waals surface area contributed by atoms with E-state index in [0.29, 0.717) is 33.8 Å². The first kappa shape index (κ1) is 21.4. The summed E-state index contributed by atoms with van der Waals surface area (Å²) in [5.74, 6) is 2.60. The van der Waals surface area contributed by atoms with E-state index < -0.39 is 0 Å². The molecule has 0 radical (unpaired) electrons. The van der Waals surface area contributed by atoms with Gasteiger partial charge in [0.1, 0.15) is 5.75 Å². The van der Waals surface area contributed by atoms with E-state index in [2.05, 4.69) is 46.8 Å². The van der Waals surface area contributed by atoms with E-state index in [9.17, 15) is 5.11 Å². The number of benzene rings is 1. The van der Waals surface area contributed by atoms with Gasteiger partial charge in [-0.2, -0.15) is 0 Å². The van der Waals surface area contributed by atoms with Crippen LogP contribution < -0.4 is 0 Å². The predicted molar refractivity (Wildman–Crippen MR) is 130 cm³/mol. The molecule has 5 atom stereocenters. The minimum atomic E-state index is 0.336. The Morgan fingerprint density at radius 1 is 1.03 bits per heavy atom. The molecule has 0 aromatic heterocycles. The van der Waals surface area contributed by atoms with Gasteiger partial charge in [0, 0.05) is 0 Å². The number of allylic oxidation sites excluding steroid dienone is 4. The highest BCUT2D eigenvalue weighted by Gasteiger charge is 2.55. The number of hydrogen-bond donors (Lipinski definition) is 1. The largest absolute Gasteiger partial charge is 0.508 e. The molecule has 0 heterocycles. The number of rotatable bonds is 3. The molecule has 0 spiro atoms. The summed E-state index contributed by atoms with van der Waals surface area (Å²) in [6, 6.07) is 7.90. The molecule has 1 saturated carbocycles. The maximum absolute atomic E-state index is 9.90. The van der Waals surface area contributed by atoms with Crippen LogP contribution in [0.4, 0.5) is 0 Å². The molecular formula is C30H42O. The fourth-order valence-corrected chi connectivity index (χ4v) is 8.88. The number of phenolic OH excluding ortho intramolecular Hbond substituents is 1. The highest BCUT2D eigenvalue weighted by molar-refractivity contribution is 5.49. The third kappa shape index (κ3) is 3.25. The van der Waals surface area contributed by atoms with E-state index in [1.165, 1.54) is 56.9 Å². The fraction of sp³-hybridized carbons (Fsp3) is 0.667. The quantitative estimate of drug-likeness (QED) is 0.524. The number of hydrogen-bond acceptors (Lipinski definition) is 1. The van der Waals surface area contributed by atoms with Crippen LogP contribution in [-0.4, -0.2) is 5.11 Å². The van der Waals surface area contributed by atoms with Crippen LogP contribution in [0.1, 0.15) is 91.5 Å². The first-order chi connectivity index (χ1) is 14.6. The van der Waals surface area contributed by atoms with E-state index in [1.54, 1.807) is 17.2 Å². The first-order valence-corrected chi connectivity index (χ1v) is 12.9. The molecule has 0 amide bonds. The average molecular weight is 419 g/mol. The Hall–Kier alpha value is -1.50. The summed E-state index contributed by atoms with van der Waals surface area (Å²) in [5, 5.41) is 9.90. The standard InChI is InChI=1S/C30H42O/c1-20(18-21-8-6-9-22(31)19-21)24-11-12-25-23-10-13-27-28(2,3)15-7-16-30(27,5)26(23)14-17-29(24,25)4/h6,8-9,12,19-20,24,27,31H,7,10-11,13-18H2,1-5H3/t20-,24-,27+,29-,30-/m1/s1. The fourth-order valence-electron chi connectivity index (χ4n) is 8.88. The lowest BCUT2D eigenvalue weighted by Crippen LogP contribution is -2.47. The summed E-state index contributed by atoms with van der Waals surface area (Å²) < 4.78 is 0. The maximum atomic E-state index is 9.90. The molecule has 0 saturated heterocycles. The molecular weight excluding hydrogens is 376 g/mol. The summed E-state index contributed by atoms with van der Waals surface area (Å²) in [6.45, 7) is 12.7. The van der Waals surface area contributed by atoms with Crippen molar-refractivity contribution in [2.75, 3.05) is 0 Å². The van der Waals surface area contributed by atoms with E-state index in [0.717, 1.165) is 12.3 Å². The van der Waals surface area contributed by atoms with Gasteiger partial charge < -0.3 is 5.11 Å². The van der Waals surface area contributed by atoms with Crippen LogP contribution in [0.5, 0.6) is 5.75 Å². The Bertz CT molecular complexity index is 933. The van der Waals surface area contributed by atoms with Gasteiger partial charge in [-0.15, -0.1) is 0 Å². The van der Waals surface area contributed by atoms with Gasteiger partial charge in [0.05, 0.1) is 0 Å². The van der Waals surface area contributed by atoms with Gasteiger partial charge in [0.25, 0.3) is 0 Å². The summed E-state index contributed by atoms with van der Waals surface area (Å²) >= 11 is 0. The molecule has 1 heteroatoms. The highest BCUT2D eigenvalue weighted by Crippen LogP contribution is 2.66. The van der Waals surface area contributed by atoms with Crippen LogP contribution in [0, 0.1) is 34.0 Å². The van der Waals surface area contributed by atoms with Crippen LogP contribution in [-0.2, 0) is 6.42 Å². The summed E-state index contributed by atoms with van der Waals surface area (Å²) in [6.07, 6.45) is 14.5.